The van der Waals surface area contributed by atoms with E-state index in [-0.39, 0.29) is 11.6 Å². The molecule has 5 nitrogen and oxygen atoms in total. The Kier molecular flexibility index (Phi) is 3.42. The molecule has 1 aliphatic carbocycles. The molecule has 1 amide bonds. The fraction of sp³-hybridized carbons (Fsp3) is 0.533. The molecule has 2 fully saturated rings. The predicted octanol–water partition coefficient (Wildman–Crippen LogP) is 2.18. The van der Waals surface area contributed by atoms with Gasteiger partial charge in [-0.15, -0.1) is 0 Å². The minimum atomic E-state index is -1.07. The van der Waals surface area contributed by atoms with Crippen LogP contribution in [0.4, 0.5) is 0 Å². The normalized spacial score (nSPS) is 22.6. The van der Waals surface area contributed by atoms with Gasteiger partial charge in [-0.1, -0.05) is 6.42 Å². The maximum absolute atomic E-state index is 12.5. The lowest BCUT2D eigenvalue weighted by Crippen LogP contribution is -2.42. The largest absolute Gasteiger partial charge is 0.477 e. The van der Waals surface area contributed by atoms with Crippen LogP contribution >= 0.6 is 0 Å². The molecule has 0 aromatic carbocycles. The molecule has 0 radical (unpaired) electrons. The fourth-order valence-electron chi connectivity index (χ4n) is 3.17. The third-order valence-electron chi connectivity index (χ3n) is 4.48. The minimum absolute atomic E-state index is 0.0103. The van der Waals surface area contributed by atoms with E-state index in [1.165, 1.54) is 31.5 Å². The van der Waals surface area contributed by atoms with Gasteiger partial charge in [-0.2, -0.15) is 0 Å². The van der Waals surface area contributed by atoms with Crippen LogP contribution in [0.5, 0.6) is 0 Å². The molecule has 1 unspecified atom stereocenters. The van der Waals surface area contributed by atoms with Gasteiger partial charge < -0.3 is 10.0 Å². The summed E-state index contributed by atoms with van der Waals surface area (Å²) in [5.74, 6) is -0.422. The summed E-state index contributed by atoms with van der Waals surface area (Å²) < 4.78 is 0. The van der Waals surface area contributed by atoms with Crippen LogP contribution in [0.3, 0.4) is 0 Å². The topological polar surface area (TPSA) is 70.5 Å². The van der Waals surface area contributed by atoms with Gasteiger partial charge in [0.2, 0.25) is 0 Å². The molecular weight excluding hydrogens is 256 g/mol. The molecule has 0 spiro atoms. The van der Waals surface area contributed by atoms with Crippen molar-refractivity contribution < 1.29 is 14.7 Å². The summed E-state index contributed by atoms with van der Waals surface area (Å²) >= 11 is 0. The van der Waals surface area contributed by atoms with E-state index in [1.54, 1.807) is 6.07 Å². The van der Waals surface area contributed by atoms with E-state index in [2.05, 4.69) is 4.98 Å². The van der Waals surface area contributed by atoms with Gasteiger partial charge in [0, 0.05) is 18.8 Å². The number of nitrogens with zero attached hydrogens (tertiary/aromatic N) is 2. The molecule has 20 heavy (non-hydrogen) atoms. The molecule has 5 heteroatoms. The molecule has 106 valence electrons. The molecule has 1 N–H and O–H groups in total. The van der Waals surface area contributed by atoms with E-state index >= 15 is 0 Å². The standard InChI is InChI=1S/C15H18N2O3/c18-14(11-6-7-12(15(19)20)16-9-11)17-8-2-5-13(17)10-3-1-4-10/h6-7,9-10,13H,1-5,8H2,(H,19,20). The van der Waals surface area contributed by atoms with Crippen molar-refractivity contribution in [2.45, 2.75) is 38.1 Å². The molecule has 1 aromatic rings. The zero-order chi connectivity index (χ0) is 14.1. The second-order valence-electron chi connectivity index (χ2n) is 5.64. The Morgan fingerprint density at radius 3 is 2.55 bits per heavy atom. The van der Waals surface area contributed by atoms with E-state index < -0.39 is 5.97 Å². The van der Waals surface area contributed by atoms with Gasteiger partial charge in [0.1, 0.15) is 5.69 Å². The number of carbonyl (C=O) groups is 2. The number of carboxylic acid groups (broad SMARTS) is 1. The van der Waals surface area contributed by atoms with Gasteiger partial charge >= 0.3 is 5.97 Å². The first-order chi connectivity index (χ1) is 9.66. The minimum Gasteiger partial charge on any atom is -0.477 e. The lowest BCUT2D eigenvalue weighted by atomic mass is 9.78. The van der Waals surface area contributed by atoms with Crippen LogP contribution < -0.4 is 0 Å². The quantitative estimate of drug-likeness (QED) is 0.917. The van der Waals surface area contributed by atoms with E-state index in [9.17, 15) is 9.59 Å². The van der Waals surface area contributed by atoms with Crippen molar-refractivity contribution in [2.75, 3.05) is 6.54 Å². The molecule has 1 saturated carbocycles. The van der Waals surface area contributed by atoms with Gasteiger partial charge in [0.15, 0.2) is 0 Å². The summed E-state index contributed by atoms with van der Waals surface area (Å²) in [5, 5.41) is 8.82. The van der Waals surface area contributed by atoms with Gasteiger partial charge in [0.05, 0.1) is 5.56 Å². The number of aromatic nitrogens is 1. The highest BCUT2D eigenvalue weighted by atomic mass is 16.4. The smallest absolute Gasteiger partial charge is 0.354 e. The lowest BCUT2D eigenvalue weighted by molar-refractivity contribution is 0.0623. The molecule has 2 heterocycles. The summed E-state index contributed by atoms with van der Waals surface area (Å²) in [6.07, 6.45) is 7.26. The van der Waals surface area contributed by atoms with E-state index in [4.69, 9.17) is 5.11 Å². The highest BCUT2D eigenvalue weighted by molar-refractivity contribution is 5.95. The van der Waals surface area contributed by atoms with Crippen LogP contribution in [0.25, 0.3) is 0 Å². The van der Waals surface area contributed by atoms with Gasteiger partial charge in [-0.25, -0.2) is 9.78 Å². The molecule has 0 bridgehead atoms. The number of rotatable bonds is 3. The van der Waals surface area contributed by atoms with Crippen molar-refractivity contribution in [1.82, 2.24) is 9.88 Å². The average Bonchev–Trinajstić information content (AvgIpc) is 2.85. The van der Waals surface area contributed by atoms with Crippen molar-refractivity contribution in [3.8, 4) is 0 Å². The molecular formula is C15H18N2O3. The molecule has 3 rings (SSSR count). The van der Waals surface area contributed by atoms with Gasteiger partial charge in [-0.05, 0) is 43.7 Å². The second kappa shape index (κ2) is 5.23. The van der Waals surface area contributed by atoms with Crippen LogP contribution in [0.15, 0.2) is 18.3 Å². The van der Waals surface area contributed by atoms with Gasteiger partial charge in [-0.3, -0.25) is 4.79 Å². The maximum Gasteiger partial charge on any atom is 0.354 e. The Balaban J connectivity index is 1.75. The van der Waals surface area contributed by atoms with Crippen molar-refractivity contribution in [2.24, 2.45) is 5.92 Å². The van der Waals surface area contributed by atoms with Crippen LogP contribution in [0.2, 0.25) is 0 Å². The van der Waals surface area contributed by atoms with Crippen LogP contribution in [0.1, 0.15) is 53.0 Å². The number of aromatic carboxylic acids is 1. The highest BCUT2D eigenvalue weighted by Gasteiger charge is 2.37. The van der Waals surface area contributed by atoms with Crippen molar-refractivity contribution >= 4 is 11.9 Å². The number of carbonyl (C=O) groups excluding carboxylic acids is 1. The first-order valence-corrected chi connectivity index (χ1v) is 7.17. The van der Waals surface area contributed by atoms with Crippen molar-refractivity contribution in [3.63, 3.8) is 0 Å². The van der Waals surface area contributed by atoms with Crippen molar-refractivity contribution in [1.29, 1.82) is 0 Å². The third-order valence-corrected chi connectivity index (χ3v) is 4.48. The summed E-state index contributed by atoms with van der Waals surface area (Å²) in [4.78, 5) is 29.1. The summed E-state index contributed by atoms with van der Waals surface area (Å²) in [6, 6.07) is 3.33. The van der Waals surface area contributed by atoms with Gasteiger partial charge in [0.25, 0.3) is 5.91 Å². The van der Waals surface area contributed by atoms with E-state index in [1.807, 2.05) is 4.90 Å². The number of amides is 1. The average molecular weight is 274 g/mol. The highest BCUT2D eigenvalue weighted by Crippen LogP contribution is 2.37. The lowest BCUT2D eigenvalue weighted by Gasteiger charge is -2.37. The van der Waals surface area contributed by atoms with E-state index in [0.29, 0.717) is 17.5 Å². The third kappa shape index (κ3) is 2.28. The first-order valence-electron chi connectivity index (χ1n) is 7.17. The summed E-state index contributed by atoms with van der Waals surface area (Å²) in [6.45, 7) is 0.806. The Morgan fingerprint density at radius 1 is 1.20 bits per heavy atom. The second-order valence-corrected chi connectivity index (χ2v) is 5.64. The van der Waals surface area contributed by atoms with Crippen LogP contribution in [0, 0.1) is 5.92 Å². The number of hydrogen-bond donors (Lipinski definition) is 1. The number of hydrogen-bond acceptors (Lipinski definition) is 3. The predicted molar refractivity (Wildman–Crippen MR) is 72.6 cm³/mol. The molecule has 1 aromatic heterocycles. The van der Waals surface area contributed by atoms with Crippen LogP contribution in [-0.2, 0) is 0 Å². The Bertz CT molecular complexity index is 522. The number of pyridine rings is 1. The Labute approximate surface area is 117 Å². The zero-order valence-corrected chi connectivity index (χ0v) is 11.3. The molecule has 1 saturated heterocycles. The fourth-order valence-corrected chi connectivity index (χ4v) is 3.17. The monoisotopic (exact) mass is 274 g/mol. The SMILES string of the molecule is O=C(O)c1ccc(C(=O)N2CCCC2C2CCC2)cn1. The first kappa shape index (κ1) is 13.1. The number of likely N-dealkylation sites (tertiary alicyclic amines) is 1. The van der Waals surface area contributed by atoms with Crippen LogP contribution in [-0.4, -0.2) is 39.5 Å². The Morgan fingerprint density at radius 2 is 2.00 bits per heavy atom. The zero-order valence-electron chi connectivity index (χ0n) is 11.3. The molecule has 2 aliphatic rings. The van der Waals surface area contributed by atoms with Crippen molar-refractivity contribution in [3.05, 3.63) is 29.6 Å². The molecule has 1 aliphatic heterocycles. The van der Waals surface area contributed by atoms with E-state index in [0.717, 1.165) is 19.4 Å². The maximum atomic E-state index is 12.5. The Hall–Kier alpha value is -1.91. The summed E-state index contributed by atoms with van der Waals surface area (Å²) in [7, 11) is 0. The summed E-state index contributed by atoms with van der Waals surface area (Å²) in [5.41, 5.74) is 0.458. The molecule has 1 atom stereocenters. The number of carboxylic acids is 1.